The van der Waals surface area contributed by atoms with Gasteiger partial charge in [-0.2, -0.15) is 4.98 Å². The van der Waals surface area contributed by atoms with Gasteiger partial charge in [-0.25, -0.2) is 18.4 Å². The van der Waals surface area contributed by atoms with Crippen molar-refractivity contribution in [2.24, 2.45) is 0 Å². The Morgan fingerprint density at radius 3 is 2.62 bits per heavy atom. The lowest BCUT2D eigenvalue weighted by molar-refractivity contribution is 0.102. The van der Waals surface area contributed by atoms with E-state index in [0.29, 0.717) is 22.6 Å². The van der Waals surface area contributed by atoms with E-state index in [9.17, 15) is 13.2 Å². The molecule has 0 aliphatic heterocycles. The molecule has 3 heterocycles. The summed E-state index contributed by atoms with van der Waals surface area (Å²) in [6.45, 7) is 1.99. The molecule has 3 aromatic heterocycles. The van der Waals surface area contributed by atoms with Crippen LogP contribution >= 0.6 is 22.9 Å². The first-order valence-corrected chi connectivity index (χ1v) is 13.7. The number of benzene rings is 2. The Labute approximate surface area is 221 Å². The highest BCUT2D eigenvalue weighted by Gasteiger charge is 2.23. The Balaban J connectivity index is 1.36. The second-order valence-electron chi connectivity index (χ2n) is 7.96. The zero-order valence-corrected chi connectivity index (χ0v) is 21.6. The summed E-state index contributed by atoms with van der Waals surface area (Å²) >= 11 is 7.70. The lowest BCUT2D eigenvalue weighted by atomic mass is 10.2. The van der Waals surface area contributed by atoms with Crippen LogP contribution in [0.1, 0.15) is 20.9 Å². The number of hydrogen-bond acceptors (Lipinski definition) is 9. The number of anilines is 1. The number of halogens is 1. The van der Waals surface area contributed by atoms with E-state index in [4.69, 9.17) is 16.1 Å². The molecule has 0 aliphatic carbocycles. The molecule has 1 amide bonds. The number of hydrogen-bond donors (Lipinski definition) is 1. The molecular formula is C25H18ClN5O4S2. The number of nitrogens with zero attached hydrogens (tertiary/aromatic N) is 4. The Hall–Kier alpha value is -3.93. The molecule has 1 N–H and O–H groups in total. The quantitative estimate of drug-likeness (QED) is 0.265. The molecule has 0 bridgehead atoms. The molecule has 12 heteroatoms. The molecule has 0 unspecified atom stereocenters. The fourth-order valence-corrected chi connectivity index (χ4v) is 5.61. The van der Waals surface area contributed by atoms with Gasteiger partial charge < -0.3 is 9.84 Å². The summed E-state index contributed by atoms with van der Waals surface area (Å²) in [5, 5.41) is 6.15. The van der Waals surface area contributed by atoms with Gasteiger partial charge in [-0.1, -0.05) is 53.2 Å². The average molecular weight is 552 g/mol. The maximum Gasteiger partial charge on any atom is 0.275 e. The van der Waals surface area contributed by atoms with E-state index >= 15 is 0 Å². The zero-order valence-electron chi connectivity index (χ0n) is 19.3. The van der Waals surface area contributed by atoms with Crippen molar-refractivity contribution in [1.82, 2.24) is 20.1 Å². The predicted octanol–water partition coefficient (Wildman–Crippen LogP) is 5.44. The largest absolute Gasteiger partial charge is 0.334 e. The molecule has 0 spiro atoms. The molecule has 37 heavy (non-hydrogen) atoms. The summed E-state index contributed by atoms with van der Waals surface area (Å²) < 4.78 is 31.1. The standard InChI is InChI=1S/C25H18ClN5O4S2/c1-15-10-11-20(36-15)22-30-24(35-31-22)17-8-5-9-18(12-17)28-23(32)21-19(26)13-27-25(29-21)37(33,34)14-16-6-3-2-4-7-16/h2-13H,14H2,1H3,(H,28,32). The van der Waals surface area contributed by atoms with E-state index in [1.807, 2.05) is 19.1 Å². The summed E-state index contributed by atoms with van der Waals surface area (Å²) in [6.07, 6.45) is 1.10. The number of aromatic nitrogens is 4. The summed E-state index contributed by atoms with van der Waals surface area (Å²) in [5.41, 5.74) is 1.30. The Morgan fingerprint density at radius 2 is 1.86 bits per heavy atom. The predicted molar refractivity (Wildman–Crippen MR) is 140 cm³/mol. The molecule has 0 radical (unpaired) electrons. The van der Waals surface area contributed by atoms with Crippen LogP contribution in [-0.4, -0.2) is 34.4 Å². The monoisotopic (exact) mass is 551 g/mol. The van der Waals surface area contributed by atoms with Gasteiger partial charge in [0.2, 0.25) is 20.8 Å². The topological polar surface area (TPSA) is 128 Å². The summed E-state index contributed by atoms with van der Waals surface area (Å²) in [6, 6.07) is 19.3. The molecule has 0 saturated heterocycles. The van der Waals surface area contributed by atoms with Gasteiger partial charge in [0.25, 0.3) is 11.8 Å². The smallest absolute Gasteiger partial charge is 0.275 e. The van der Waals surface area contributed by atoms with Gasteiger partial charge in [-0.3, -0.25) is 4.79 Å². The van der Waals surface area contributed by atoms with E-state index in [1.54, 1.807) is 65.9 Å². The van der Waals surface area contributed by atoms with Gasteiger partial charge in [0.1, 0.15) is 0 Å². The number of nitrogens with one attached hydrogen (secondary N) is 1. The van der Waals surface area contributed by atoms with Crippen LogP contribution in [0.2, 0.25) is 5.02 Å². The van der Waals surface area contributed by atoms with Crippen LogP contribution in [0.3, 0.4) is 0 Å². The van der Waals surface area contributed by atoms with E-state index in [1.165, 1.54) is 0 Å². The van der Waals surface area contributed by atoms with Gasteiger partial charge in [0.05, 0.1) is 21.8 Å². The van der Waals surface area contributed by atoms with Crippen molar-refractivity contribution in [3.63, 3.8) is 0 Å². The van der Waals surface area contributed by atoms with Crippen LogP contribution in [0.15, 0.2) is 82.6 Å². The minimum Gasteiger partial charge on any atom is -0.334 e. The molecule has 0 saturated carbocycles. The lowest BCUT2D eigenvalue weighted by Crippen LogP contribution is -2.18. The van der Waals surface area contributed by atoms with Crippen molar-refractivity contribution >= 4 is 44.4 Å². The first kappa shape index (κ1) is 24.8. The third kappa shape index (κ3) is 5.58. The number of thiophene rings is 1. The summed E-state index contributed by atoms with van der Waals surface area (Å²) in [5.74, 6) is -0.248. The first-order valence-electron chi connectivity index (χ1n) is 10.9. The lowest BCUT2D eigenvalue weighted by Gasteiger charge is -2.09. The first-order chi connectivity index (χ1) is 17.8. The van der Waals surface area contributed by atoms with Crippen molar-refractivity contribution < 1.29 is 17.7 Å². The molecular weight excluding hydrogens is 534 g/mol. The number of carbonyl (C=O) groups is 1. The number of carbonyl (C=O) groups excluding carboxylic acids is 1. The van der Waals surface area contributed by atoms with Crippen molar-refractivity contribution in [2.75, 3.05) is 5.32 Å². The van der Waals surface area contributed by atoms with Crippen LogP contribution in [-0.2, 0) is 15.6 Å². The van der Waals surface area contributed by atoms with E-state index in [-0.39, 0.29) is 22.4 Å². The maximum absolute atomic E-state index is 13.0. The molecule has 2 aromatic carbocycles. The highest BCUT2D eigenvalue weighted by atomic mass is 35.5. The molecule has 0 aliphatic rings. The van der Waals surface area contributed by atoms with Crippen LogP contribution in [0.25, 0.3) is 22.2 Å². The van der Waals surface area contributed by atoms with Crippen LogP contribution < -0.4 is 5.32 Å². The van der Waals surface area contributed by atoms with Gasteiger partial charge in [0, 0.05) is 16.1 Å². The Kier molecular flexibility index (Phi) is 6.83. The molecule has 5 aromatic rings. The van der Waals surface area contributed by atoms with Crippen molar-refractivity contribution in [3.05, 3.63) is 94.1 Å². The molecule has 5 rings (SSSR count). The summed E-state index contributed by atoms with van der Waals surface area (Å²) in [4.78, 5) is 27.2. The van der Waals surface area contributed by atoms with E-state index in [0.717, 1.165) is 16.0 Å². The number of sulfone groups is 1. The van der Waals surface area contributed by atoms with Crippen molar-refractivity contribution in [1.29, 1.82) is 0 Å². The number of aryl methyl sites for hydroxylation is 1. The molecule has 0 atom stereocenters. The van der Waals surface area contributed by atoms with Gasteiger partial charge >= 0.3 is 0 Å². The highest BCUT2D eigenvalue weighted by molar-refractivity contribution is 7.90. The minimum absolute atomic E-state index is 0.0832. The second-order valence-corrected chi connectivity index (χ2v) is 11.5. The third-order valence-electron chi connectivity index (χ3n) is 5.17. The van der Waals surface area contributed by atoms with Crippen LogP contribution in [0, 0.1) is 6.92 Å². The zero-order chi connectivity index (χ0) is 26.0. The van der Waals surface area contributed by atoms with E-state index in [2.05, 4.69) is 25.4 Å². The third-order valence-corrected chi connectivity index (χ3v) is 7.91. The number of amides is 1. The Morgan fingerprint density at radius 1 is 1.05 bits per heavy atom. The molecule has 0 fully saturated rings. The average Bonchev–Trinajstić information content (AvgIpc) is 3.54. The molecule has 9 nitrogen and oxygen atoms in total. The fourth-order valence-electron chi connectivity index (χ4n) is 3.43. The minimum atomic E-state index is -3.91. The second kappa shape index (κ2) is 10.2. The van der Waals surface area contributed by atoms with Gasteiger partial charge in [-0.05, 0) is 42.8 Å². The maximum atomic E-state index is 13.0. The normalized spacial score (nSPS) is 11.4. The van der Waals surface area contributed by atoms with E-state index < -0.39 is 20.9 Å². The SMILES string of the molecule is Cc1ccc(-c2noc(-c3cccc(NC(=O)c4nc(S(=O)(=O)Cc5ccccc5)ncc4Cl)c3)n2)s1. The number of rotatable bonds is 7. The van der Waals surface area contributed by atoms with Gasteiger partial charge in [0.15, 0.2) is 5.69 Å². The Bertz CT molecular complexity index is 1700. The van der Waals surface area contributed by atoms with Crippen LogP contribution in [0.4, 0.5) is 5.69 Å². The molecule has 186 valence electrons. The summed E-state index contributed by atoms with van der Waals surface area (Å²) in [7, 11) is -3.91. The fraction of sp³-hybridized carbons (Fsp3) is 0.0800. The van der Waals surface area contributed by atoms with Crippen molar-refractivity contribution in [2.45, 2.75) is 17.8 Å². The highest BCUT2D eigenvalue weighted by Crippen LogP contribution is 2.29. The van der Waals surface area contributed by atoms with Crippen LogP contribution in [0.5, 0.6) is 0 Å². The van der Waals surface area contributed by atoms with Crippen molar-refractivity contribution in [3.8, 4) is 22.2 Å². The van der Waals surface area contributed by atoms with Gasteiger partial charge in [-0.15, -0.1) is 11.3 Å².